The number of rotatable bonds is 51. The number of allylic oxidation sites excluding steroid dienone is 6. The first-order chi connectivity index (χ1) is 31.5. The quantitative estimate of drug-likeness (QED) is 0.0262. The summed E-state index contributed by atoms with van der Waals surface area (Å²) in [6, 6.07) is 0. The Labute approximate surface area is 397 Å². The van der Waals surface area contributed by atoms with Crippen molar-refractivity contribution in [1.29, 1.82) is 0 Å². The average molecular weight is 899 g/mol. The lowest BCUT2D eigenvalue weighted by Gasteiger charge is -2.18. The molecule has 6 nitrogen and oxygen atoms in total. The Morgan fingerprint density at radius 1 is 0.312 bits per heavy atom. The highest BCUT2D eigenvalue weighted by atomic mass is 16.6. The summed E-state index contributed by atoms with van der Waals surface area (Å²) >= 11 is 0. The molecule has 1 unspecified atom stereocenters. The highest BCUT2D eigenvalue weighted by Crippen LogP contribution is 2.16. The molecule has 0 heterocycles. The Morgan fingerprint density at radius 2 is 0.562 bits per heavy atom. The molecule has 0 bridgehead atoms. The molecule has 0 rings (SSSR count). The first-order valence-corrected chi connectivity index (χ1v) is 28.0. The van der Waals surface area contributed by atoms with Crippen LogP contribution < -0.4 is 0 Å². The van der Waals surface area contributed by atoms with Gasteiger partial charge in [0, 0.05) is 19.3 Å². The number of ether oxygens (including phenoxy) is 3. The minimum Gasteiger partial charge on any atom is -0.462 e. The van der Waals surface area contributed by atoms with Gasteiger partial charge in [0.25, 0.3) is 0 Å². The number of hydrogen-bond acceptors (Lipinski definition) is 6. The first-order valence-electron chi connectivity index (χ1n) is 28.0. The summed E-state index contributed by atoms with van der Waals surface area (Å²) in [6.07, 6.45) is 62.8. The summed E-state index contributed by atoms with van der Waals surface area (Å²) < 4.78 is 16.8. The van der Waals surface area contributed by atoms with Gasteiger partial charge in [-0.3, -0.25) is 14.4 Å². The maximum atomic E-state index is 12.8. The second-order valence-electron chi connectivity index (χ2n) is 18.8. The van der Waals surface area contributed by atoms with Crippen molar-refractivity contribution in [2.24, 2.45) is 0 Å². The SMILES string of the molecule is CCCCCCC/C=C\C/C=C\CCCCCCCCCCCCCC(=O)OCC(COC(=O)CCCCCCCCCCC)OC(=O)CCCCCCC/C=C\CCCCCCC. The molecule has 0 aromatic heterocycles. The van der Waals surface area contributed by atoms with Crippen molar-refractivity contribution < 1.29 is 28.6 Å². The van der Waals surface area contributed by atoms with Gasteiger partial charge in [0.2, 0.25) is 0 Å². The van der Waals surface area contributed by atoms with E-state index in [1.165, 1.54) is 186 Å². The molecule has 0 fully saturated rings. The Kier molecular flexibility index (Phi) is 51.3. The highest BCUT2D eigenvalue weighted by Gasteiger charge is 2.19. The second-order valence-corrected chi connectivity index (χ2v) is 18.8. The minimum absolute atomic E-state index is 0.0731. The maximum absolute atomic E-state index is 12.8. The van der Waals surface area contributed by atoms with E-state index in [1.807, 2.05) is 0 Å². The summed E-state index contributed by atoms with van der Waals surface area (Å²) in [7, 11) is 0. The van der Waals surface area contributed by atoms with Gasteiger partial charge in [-0.1, -0.05) is 237 Å². The molecular weight excluding hydrogens is 793 g/mol. The number of carbonyl (C=O) groups excluding carboxylic acids is 3. The molecule has 0 aliphatic carbocycles. The molecule has 0 amide bonds. The van der Waals surface area contributed by atoms with Crippen molar-refractivity contribution in [2.75, 3.05) is 13.2 Å². The number of esters is 3. The smallest absolute Gasteiger partial charge is 0.306 e. The summed E-state index contributed by atoms with van der Waals surface area (Å²) in [6.45, 7) is 6.62. The van der Waals surface area contributed by atoms with Crippen LogP contribution in [-0.4, -0.2) is 37.2 Å². The number of unbranched alkanes of at least 4 members (excludes halogenated alkanes) is 34. The van der Waals surface area contributed by atoms with Crippen molar-refractivity contribution in [3.05, 3.63) is 36.5 Å². The Hall–Kier alpha value is -2.37. The molecule has 0 spiro atoms. The van der Waals surface area contributed by atoms with Crippen molar-refractivity contribution in [3.63, 3.8) is 0 Å². The molecule has 0 aliphatic rings. The normalized spacial score (nSPS) is 12.2. The summed E-state index contributed by atoms with van der Waals surface area (Å²) in [5.41, 5.74) is 0. The minimum atomic E-state index is -0.772. The molecule has 374 valence electrons. The fourth-order valence-corrected chi connectivity index (χ4v) is 8.12. The zero-order chi connectivity index (χ0) is 46.5. The maximum Gasteiger partial charge on any atom is 0.306 e. The third-order valence-electron chi connectivity index (χ3n) is 12.4. The molecule has 0 aliphatic heterocycles. The molecule has 0 aromatic rings. The molecule has 6 heteroatoms. The lowest BCUT2D eigenvalue weighted by molar-refractivity contribution is -0.167. The van der Waals surface area contributed by atoms with Crippen LogP contribution in [0.25, 0.3) is 0 Å². The molecule has 0 N–H and O–H groups in total. The van der Waals surface area contributed by atoms with Crippen LogP contribution >= 0.6 is 0 Å². The van der Waals surface area contributed by atoms with Crippen LogP contribution in [0, 0.1) is 0 Å². The van der Waals surface area contributed by atoms with Gasteiger partial charge in [0.05, 0.1) is 0 Å². The molecule has 0 aromatic carbocycles. The van der Waals surface area contributed by atoms with Crippen LogP contribution in [0.2, 0.25) is 0 Å². The van der Waals surface area contributed by atoms with E-state index < -0.39 is 6.10 Å². The van der Waals surface area contributed by atoms with Gasteiger partial charge in [0.15, 0.2) is 6.10 Å². The van der Waals surface area contributed by atoms with Crippen molar-refractivity contribution in [3.8, 4) is 0 Å². The molecule has 1 atom stereocenters. The lowest BCUT2D eigenvalue weighted by atomic mass is 10.0. The van der Waals surface area contributed by atoms with Crippen LogP contribution in [0.3, 0.4) is 0 Å². The van der Waals surface area contributed by atoms with Gasteiger partial charge >= 0.3 is 17.9 Å². The van der Waals surface area contributed by atoms with E-state index in [9.17, 15) is 14.4 Å². The Bertz CT molecular complexity index is 1080. The van der Waals surface area contributed by atoms with E-state index in [4.69, 9.17) is 14.2 Å². The Morgan fingerprint density at radius 3 is 0.875 bits per heavy atom. The molecule has 64 heavy (non-hydrogen) atoms. The monoisotopic (exact) mass is 899 g/mol. The van der Waals surface area contributed by atoms with Gasteiger partial charge in [0.1, 0.15) is 13.2 Å². The predicted molar refractivity (Wildman–Crippen MR) is 275 cm³/mol. The van der Waals surface area contributed by atoms with E-state index in [2.05, 4.69) is 57.2 Å². The van der Waals surface area contributed by atoms with E-state index in [-0.39, 0.29) is 31.1 Å². The van der Waals surface area contributed by atoms with Gasteiger partial charge in [-0.05, 0) is 77.0 Å². The molecule has 0 saturated carbocycles. The molecule has 0 radical (unpaired) electrons. The zero-order valence-electron chi connectivity index (χ0n) is 42.8. The van der Waals surface area contributed by atoms with Crippen LogP contribution in [-0.2, 0) is 28.6 Å². The topological polar surface area (TPSA) is 78.9 Å². The lowest BCUT2D eigenvalue weighted by Crippen LogP contribution is -2.30. The fourth-order valence-electron chi connectivity index (χ4n) is 8.12. The average Bonchev–Trinajstić information content (AvgIpc) is 3.29. The van der Waals surface area contributed by atoms with E-state index in [1.54, 1.807) is 0 Å². The summed E-state index contributed by atoms with van der Waals surface area (Å²) in [4.78, 5) is 38.0. The van der Waals surface area contributed by atoms with Crippen molar-refractivity contribution >= 4 is 17.9 Å². The number of hydrogen-bond donors (Lipinski definition) is 0. The van der Waals surface area contributed by atoms with Crippen LogP contribution in [0.1, 0.15) is 297 Å². The van der Waals surface area contributed by atoms with E-state index in [0.29, 0.717) is 19.3 Å². The fraction of sp³-hybridized carbons (Fsp3) is 0.845. The molecular formula is C58H106O6. The third-order valence-corrected chi connectivity index (χ3v) is 12.4. The van der Waals surface area contributed by atoms with Crippen LogP contribution in [0.15, 0.2) is 36.5 Å². The van der Waals surface area contributed by atoms with E-state index >= 15 is 0 Å². The van der Waals surface area contributed by atoms with Gasteiger partial charge in [-0.2, -0.15) is 0 Å². The third kappa shape index (κ3) is 50.6. The van der Waals surface area contributed by atoms with Crippen LogP contribution in [0.5, 0.6) is 0 Å². The highest BCUT2D eigenvalue weighted by molar-refractivity contribution is 5.71. The van der Waals surface area contributed by atoms with Gasteiger partial charge < -0.3 is 14.2 Å². The van der Waals surface area contributed by atoms with Crippen molar-refractivity contribution in [1.82, 2.24) is 0 Å². The largest absolute Gasteiger partial charge is 0.462 e. The summed E-state index contributed by atoms with van der Waals surface area (Å²) in [5.74, 6) is -0.874. The Balaban J connectivity index is 4.21. The standard InChI is InChI=1S/C58H106O6/c1-4-7-10-13-16-19-21-23-25-26-27-28-29-30-31-32-33-35-36-39-42-45-48-51-57(60)63-54-55(53-62-56(59)50-47-44-41-38-18-15-12-9-6-3)64-58(61)52-49-46-43-40-37-34-24-22-20-17-14-11-8-5-2/h21-24,26-27,55H,4-20,25,28-54H2,1-3H3/b23-21-,24-22-,27-26-. The van der Waals surface area contributed by atoms with Crippen LogP contribution in [0.4, 0.5) is 0 Å². The second kappa shape index (κ2) is 53.2. The van der Waals surface area contributed by atoms with Gasteiger partial charge in [-0.25, -0.2) is 0 Å². The number of carbonyl (C=O) groups is 3. The molecule has 0 saturated heterocycles. The van der Waals surface area contributed by atoms with E-state index in [0.717, 1.165) is 70.6 Å². The first kappa shape index (κ1) is 61.6. The predicted octanol–water partition coefficient (Wildman–Crippen LogP) is 18.5. The van der Waals surface area contributed by atoms with Crippen molar-refractivity contribution in [2.45, 2.75) is 303 Å². The summed E-state index contributed by atoms with van der Waals surface area (Å²) in [5, 5.41) is 0. The van der Waals surface area contributed by atoms with Gasteiger partial charge in [-0.15, -0.1) is 0 Å². The zero-order valence-corrected chi connectivity index (χ0v) is 42.8.